The lowest BCUT2D eigenvalue weighted by molar-refractivity contribution is -0.156. The number of hydrogen-bond acceptors (Lipinski definition) is 4. The summed E-state index contributed by atoms with van der Waals surface area (Å²) in [4.78, 5) is 22.8. The standard InChI is InChI=1S/C14H17NO5/c1-10(12(16)17)14(8-19-9-14)15-13(18)20-7-11-5-3-2-4-6-11/h2-6,10H,7-9H2,1H3,(H,15,18)(H,16,17)/t10-/m0/s1. The van der Waals surface area contributed by atoms with E-state index in [-0.39, 0.29) is 19.8 Å². The first-order valence-electron chi connectivity index (χ1n) is 6.33. The number of carbonyl (C=O) groups is 2. The van der Waals surface area contributed by atoms with E-state index in [1.807, 2.05) is 30.3 Å². The fraction of sp³-hybridized carbons (Fsp3) is 0.429. The average molecular weight is 279 g/mol. The molecule has 1 amide bonds. The molecule has 1 heterocycles. The Morgan fingerprint density at radius 3 is 2.55 bits per heavy atom. The van der Waals surface area contributed by atoms with Crippen molar-refractivity contribution in [3.8, 4) is 0 Å². The first kappa shape index (κ1) is 14.3. The largest absolute Gasteiger partial charge is 0.481 e. The Morgan fingerprint density at radius 2 is 2.05 bits per heavy atom. The highest BCUT2D eigenvalue weighted by Crippen LogP contribution is 2.26. The van der Waals surface area contributed by atoms with E-state index in [1.165, 1.54) is 0 Å². The number of carboxylic acids is 1. The van der Waals surface area contributed by atoms with Gasteiger partial charge in [0.2, 0.25) is 0 Å². The highest BCUT2D eigenvalue weighted by atomic mass is 16.6. The van der Waals surface area contributed by atoms with Gasteiger partial charge in [-0.15, -0.1) is 0 Å². The third kappa shape index (κ3) is 3.08. The Balaban J connectivity index is 1.88. The SMILES string of the molecule is C[C@@H](C(=O)O)C1(NC(=O)OCc2ccccc2)COC1. The van der Waals surface area contributed by atoms with Crippen LogP contribution in [0.3, 0.4) is 0 Å². The lowest BCUT2D eigenvalue weighted by Gasteiger charge is -2.44. The zero-order valence-electron chi connectivity index (χ0n) is 11.2. The van der Waals surface area contributed by atoms with E-state index in [1.54, 1.807) is 6.92 Å². The molecule has 0 saturated carbocycles. The number of carboxylic acid groups (broad SMARTS) is 1. The van der Waals surface area contributed by atoms with Gasteiger partial charge >= 0.3 is 12.1 Å². The van der Waals surface area contributed by atoms with Gasteiger partial charge in [0.15, 0.2) is 0 Å². The molecule has 20 heavy (non-hydrogen) atoms. The van der Waals surface area contributed by atoms with Crippen molar-refractivity contribution in [1.29, 1.82) is 0 Å². The van der Waals surface area contributed by atoms with Gasteiger partial charge in [-0.2, -0.15) is 0 Å². The molecule has 1 aliphatic rings. The Bertz CT molecular complexity index is 484. The van der Waals surface area contributed by atoms with Crippen molar-refractivity contribution >= 4 is 12.1 Å². The van der Waals surface area contributed by atoms with Crippen molar-refractivity contribution in [2.45, 2.75) is 19.1 Å². The Morgan fingerprint density at radius 1 is 1.40 bits per heavy atom. The molecular weight excluding hydrogens is 262 g/mol. The molecule has 0 aromatic heterocycles. The zero-order valence-corrected chi connectivity index (χ0v) is 11.2. The summed E-state index contributed by atoms with van der Waals surface area (Å²) < 4.78 is 10.1. The van der Waals surface area contributed by atoms with E-state index in [0.29, 0.717) is 0 Å². The van der Waals surface area contributed by atoms with Crippen molar-refractivity contribution in [2.24, 2.45) is 5.92 Å². The molecule has 6 nitrogen and oxygen atoms in total. The minimum Gasteiger partial charge on any atom is -0.481 e. The minimum absolute atomic E-state index is 0.144. The molecule has 0 bridgehead atoms. The van der Waals surface area contributed by atoms with Crippen LogP contribution in [-0.4, -0.2) is 35.9 Å². The van der Waals surface area contributed by atoms with Crippen LogP contribution in [-0.2, 0) is 20.9 Å². The quantitative estimate of drug-likeness (QED) is 0.851. The number of hydrogen-bond donors (Lipinski definition) is 2. The smallest absolute Gasteiger partial charge is 0.408 e. The first-order valence-corrected chi connectivity index (χ1v) is 6.33. The van der Waals surface area contributed by atoms with E-state index < -0.39 is 23.5 Å². The van der Waals surface area contributed by atoms with Crippen molar-refractivity contribution < 1.29 is 24.2 Å². The number of nitrogens with one attached hydrogen (secondary N) is 1. The molecule has 1 aromatic rings. The molecule has 1 aliphatic heterocycles. The predicted octanol–water partition coefficient (Wildman–Crippen LogP) is 1.40. The Kier molecular flexibility index (Phi) is 4.24. The van der Waals surface area contributed by atoms with Gasteiger partial charge in [-0.1, -0.05) is 30.3 Å². The van der Waals surface area contributed by atoms with Gasteiger partial charge < -0.3 is 19.9 Å². The normalized spacial score (nSPS) is 17.6. The van der Waals surface area contributed by atoms with E-state index in [9.17, 15) is 9.59 Å². The third-order valence-electron chi connectivity index (χ3n) is 3.48. The van der Waals surface area contributed by atoms with Crippen LogP contribution in [0.25, 0.3) is 0 Å². The van der Waals surface area contributed by atoms with Gasteiger partial charge in [-0.3, -0.25) is 4.79 Å². The van der Waals surface area contributed by atoms with Crippen LogP contribution < -0.4 is 5.32 Å². The van der Waals surface area contributed by atoms with Gasteiger partial charge in [0.05, 0.1) is 19.1 Å². The highest BCUT2D eigenvalue weighted by Gasteiger charge is 2.48. The maximum atomic E-state index is 11.8. The van der Waals surface area contributed by atoms with Crippen LogP contribution in [0.1, 0.15) is 12.5 Å². The van der Waals surface area contributed by atoms with Crippen LogP contribution in [0.15, 0.2) is 30.3 Å². The summed E-state index contributed by atoms with van der Waals surface area (Å²) in [5, 5.41) is 11.7. The van der Waals surface area contributed by atoms with Gasteiger partial charge in [-0.25, -0.2) is 4.79 Å². The minimum atomic E-state index is -0.975. The molecule has 6 heteroatoms. The monoisotopic (exact) mass is 279 g/mol. The van der Waals surface area contributed by atoms with Crippen molar-refractivity contribution in [3.05, 3.63) is 35.9 Å². The van der Waals surface area contributed by atoms with Crippen molar-refractivity contribution in [3.63, 3.8) is 0 Å². The molecular formula is C14H17NO5. The maximum Gasteiger partial charge on any atom is 0.408 e. The number of rotatable bonds is 5. The van der Waals surface area contributed by atoms with Crippen LogP contribution in [0.4, 0.5) is 4.79 Å². The van der Waals surface area contributed by atoms with Crippen molar-refractivity contribution in [2.75, 3.05) is 13.2 Å². The number of carbonyl (C=O) groups excluding carboxylic acids is 1. The predicted molar refractivity (Wildman–Crippen MR) is 70.1 cm³/mol. The fourth-order valence-electron chi connectivity index (χ4n) is 1.95. The second kappa shape index (κ2) is 5.92. The van der Waals surface area contributed by atoms with Crippen LogP contribution >= 0.6 is 0 Å². The third-order valence-corrected chi connectivity index (χ3v) is 3.48. The second-order valence-electron chi connectivity index (χ2n) is 4.90. The topological polar surface area (TPSA) is 84.9 Å². The molecule has 1 saturated heterocycles. The molecule has 0 aliphatic carbocycles. The molecule has 1 atom stereocenters. The zero-order chi connectivity index (χ0) is 14.6. The average Bonchev–Trinajstić information content (AvgIpc) is 2.41. The maximum absolute atomic E-state index is 11.8. The molecule has 0 radical (unpaired) electrons. The summed E-state index contributed by atoms with van der Waals surface area (Å²) in [6, 6.07) is 9.26. The van der Waals surface area contributed by atoms with Gasteiger partial charge in [0, 0.05) is 0 Å². The Labute approximate surface area is 116 Å². The Hall–Kier alpha value is -2.08. The number of ether oxygens (including phenoxy) is 2. The highest BCUT2D eigenvalue weighted by molar-refractivity contribution is 5.75. The van der Waals surface area contributed by atoms with E-state index in [4.69, 9.17) is 14.6 Å². The molecule has 1 aromatic carbocycles. The van der Waals surface area contributed by atoms with Gasteiger partial charge in [0.25, 0.3) is 0 Å². The molecule has 0 unspecified atom stereocenters. The van der Waals surface area contributed by atoms with Gasteiger partial charge in [0.1, 0.15) is 12.1 Å². The summed E-state index contributed by atoms with van der Waals surface area (Å²) >= 11 is 0. The molecule has 108 valence electrons. The molecule has 2 N–H and O–H groups in total. The van der Waals surface area contributed by atoms with Crippen LogP contribution in [0.5, 0.6) is 0 Å². The lowest BCUT2D eigenvalue weighted by Crippen LogP contribution is -2.67. The number of aliphatic carboxylic acids is 1. The summed E-state index contributed by atoms with van der Waals surface area (Å²) in [7, 11) is 0. The van der Waals surface area contributed by atoms with Gasteiger partial charge in [-0.05, 0) is 12.5 Å². The fourth-order valence-corrected chi connectivity index (χ4v) is 1.95. The number of benzene rings is 1. The summed E-state index contributed by atoms with van der Waals surface area (Å²) in [6.45, 7) is 2.05. The molecule has 1 fully saturated rings. The summed E-state index contributed by atoms with van der Waals surface area (Å²) in [6.07, 6.45) is -0.634. The molecule has 0 spiro atoms. The van der Waals surface area contributed by atoms with E-state index in [0.717, 1.165) is 5.56 Å². The number of alkyl carbamates (subject to hydrolysis) is 1. The number of amides is 1. The first-order chi connectivity index (χ1) is 9.53. The van der Waals surface area contributed by atoms with Crippen LogP contribution in [0, 0.1) is 5.92 Å². The summed E-state index contributed by atoms with van der Waals surface area (Å²) in [5.41, 5.74) is -0.00702. The summed E-state index contributed by atoms with van der Waals surface area (Å²) in [5.74, 6) is -1.71. The van der Waals surface area contributed by atoms with E-state index >= 15 is 0 Å². The molecule has 2 rings (SSSR count). The lowest BCUT2D eigenvalue weighted by atomic mass is 9.83. The van der Waals surface area contributed by atoms with Crippen LogP contribution in [0.2, 0.25) is 0 Å². The second-order valence-corrected chi connectivity index (χ2v) is 4.90. The van der Waals surface area contributed by atoms with E-state index in [2.05, 4.69) is 5.32 Å². The van der Waals surface area contributed by atoms with Crippen molar-refractivity contribution in [1.82, 2.24) is 5.32 Å².